The second-order valence-electron chi connectivity index (χ2n) is 6.14. The minimum Gasteiger partial charge on any atom is -0.453 e. The van der Waals surface area contributed by atoms with Crippen LogP contribution in [0.5, 0.6) is 0 Å². The van der Waals surface area contributed by atoms with E-state index in [4.69, 9.17) is 10.00 Å². The third-order valence-corrected chi connectivity index (χ3v) is 4.58. The molecule has 2 heterocycles. The van der Waals surface area contributed by atoms with Crippen LogP contribution in [0.15, 0.2) is 24.3 Å². The molecule has 1 amide bonds. The van der Waals surface area contributed by atoms with Crippen molar-refractivity contribution in [2.24, 2.45) is 0 Å². The molecule has 0 radical (unpaired) electrons. The molecule has 0 saturated carbocycles. The Morgan fingerprint density at radius 1 is 1.35 bits per heavy atom. The van der Waals surface area contributed by atoms with Gasteiger partial charge in [-0.3, -0.25) is 0 Å². The van der Waals surface area contributed by atoms with Crippen molar-refractivity contribution in [2.45, 2.75) is 43.4 Å². The largest absolute Gasteiger partial charge is 0.453 e. The highest BCUT2D eigenvalue weighted by Crippen LogP contribution is 2.40. The van der Waals surface area contributed by atoms with Crippen LogP contribution < -0.4 is 0 Å². The van der Waals surface area contributed by atoms with Crippen molar-refractivity contribution in [3.05, 3.63) is 35.4 Å². The molecule has 0 spiro atoms. The van der Waals surface area contributed by atoms with Gasteiger partial charge in [-0.25, -0.2) is 4.79 Å². The molecule has 0 aromatic heterocycles. The zero-order chi connectivity index (χ0) is 16.4. The van der Waals surface area contributed by atoms with Crippen molar-refractivity contribution in [3.63, 3.8) is 0 Å². The molecule has 0 unspecified atom stereocenters. The molecule has 0 aliphatic carbocycles. The summed E-state index contributed by atoms with van der Waals surface area (Å²) < 4.78 is 4.83. The van der Waals surface area contributed by atoms with Gasteiger partial charge in [0.25, 0.3) is 0 Å². The Kier molecular flexibility index (Phi) is 3.98. The number of piperidine rings is 1. The molecule has 2 aliphatic heterocycles. The first-order chi connectivity index (χ1) is 11.0. The lowest BCUT2D eigenvalue weighted by Crippen LogP contribution is -2.52. The first kappa shape index (κ1) is 15.4. The summed E-state index contributed by atoms with van der Waals surface area (Å²) in [5, 5.41) is 19.7. The number of methoxy groups -OCH3 is 1. The average Bonchev–Trinajstić information content (AvgIpc) is 2.85. The molecular weight excluding hydrogens is 292 g/mol. The van der Waals surface area contributed by atoms with E-state index >= 15 is 0 Å². The molecule has 2 saturated heterocycles. The quantitative estimate of drug-likeness (QED) is 0.744. The van der Waals surface area contributed by atoms with Crippen LogP contribution in [0.3, 0.4) is 0 Å². The van der Waals surface area contributed by atoms with Crippen molar-refractivity contribution < 1.29 is 14.6 Å². The minimum absolute atomic E-state index is 0.0223. The lowest BCUT2D eigenvalue weighted by molar-refractivity contribution is -0.00730. The van der Waals surface area contributed by atoms with E-state index in [0.29, 0.717) is 24.0 Å². The van der Waals surface area contributed by atoms with Crippen LogP contribution in [-0.4, -0.2) is 40.9 Å². The first-order valence-corrected chi connectivity index (χ1v) is 7.67. The predicted octanol–water partition coefficient (Wildman–Crippen LogP) is 2.03. The zero-order valence-electron chi connectivity index (χ0n) is 13.0. The summed E-state index contributed by atoms with van der Waals surface area (Å²) in [5.74, 6) is 5.93. The molecule has 2 aliphatic rings. The van der Waals surface area contributed by atoms with Crippen LogP contribution in [0.25, 0.3) is 0 Å². The number of nitrogens with zero attached hydrogens (tertiary/aromatic N) is 2. The average molecular weight is 310 g/mol. The van der Waals surface area contributed by atoms with Gasteiger partial charge in [0, 0.05) is 30.5 Å². The van der Waals surface area contributed by atoms with Gasteiger partial charge in [-0.1, -0.05) is 17.9 Å². The summed E-state index contributed by atoms with van der Waals surface area (Å²) in [6.07, 6.45) is 2.28. The fraction of sp³-hybridized carbons (Fsp3) is 0.444. The normalized spacial score (nSPS) is 28.5. The predicted molar refractivity (Wildman–Crippen MR) is 83.3 cm³/mol. The van der Waals surface area contributed by atoms with Gasteiger partial charge >= 0.3 is 6.09 Å². The van der Waals surface area contributed by atoms with Crippen molar-refractivity contribution in [1.29, 1.82) is 5.26 Å². The van der Waals surface area contributed by atoms with E-state index in [2.05, 4.69) is 17.9 Å². The van der Waals surface area contributed by atoms with E-state index in [-0.39, 0.29) is 18.2 Å². The van der Waals surface area contributed by atoms with Gasteiger partial charge in [-0.15, -0.1) is 0 Å². The van der Waals surface area contributed by atoms with Gasteiger partial charge in [0.05, 0.1) is 18.7 Å². The summed E-state index contributed by atoms with van der Waals surface area (Å²) in [6, 6.07) is 9.04. The molecular formula is C18H18N2O3. The number of carbonyl (C=O) groups is 1. The van der Waals surface area contributed by atoms with E-state index in [9.17, 15) is 9.90 Å². The fourth-order valence-electron chi connectivity index (χ4n) is 3.59. The van der Waals surface area contributed by atoms with Crippen LogP contribution in [0.4, 0.5) is 4.79 Å². The molecule has 2 bridgehead atoms. The van der Waals surface area contributed by atoms with Gasteiger partial charge < -0.3 is 14.7 Å². The second kappa shape index (κ2) is 5.95. The summed E-state index contributed by atoms with van der Waals surface area (Å²) in [7, 11) is 1.38. The van der Waals surface area contributed by atoms with Crippen molar-refractivity contribution >= 4 is 6.09 Å². The molecule has 1 N–H and O–H groups in total. The number of amides is 1. The Balaban J connectivity index is 1.79. The maximum atomic E-state index is 11.8. The van der Waals surface area contributed by atoms with Crippen molar-refractivity contribution in [2.75, 3.05) is 7.11 Å². The number of hydrogen-bond donors (Lipinski definition) is 1. The molecule has 5 heteroatoms. The standard InChI is InChI=1S/C18H18N2O3/c1-23-17(21)20-15-5-6-16(20)11-18(22,10-15)8-7-13-3-2-4-14(9-13)12-19/h2-4,9,15-16,22H,5-6,10-11H2,1H3/t15-,16-/m1/s1. The highest BCUT2D eigenvalue weighted by molar-refractivity contribution is 5.69. The molecule has 2 fully saturated rings. The highest BCUT2D eigenvalue weighted by Gasteiger charge is 2.49. The van der Waals surface area contributed by atoms with E-state index < -0.39 is 5.60 Å². The van der Waals surface area contributed by atoms with Crippen LogP contribution >= 0.6 is 0 Å². The number of fused-ring (bicyclic) bond motifs is 2. The van der Waals surface area contributed by atoms with Crippen LogP contribution in [0, 0.1) is 23.2 Å². The summed E-state index contributed by atoms with van der Waals surface area (Å²) in [5.41, 5.74) is 0.156. The Hall–Kier alpha value is -2.50. The van der Waals surface area contributed by atoms with Crippen LogP contribution in [-0.2, 0) is 4.74 Å². The molecule has 2 atom stereocenters. The number of rotatable bonds is 0. The molecule has 1 aromatic rings. The highest BCUT2D eigenvalue weighted by atomic mass is 16.5. The molecule has 1 aromatic carbocycles. The Morgan fingerprint density at radius 3 is 2.61 bits per heavy atom. The van der Waals surface area contributed by atoms with Gasteiger partial charge in [0.1, 0.15) is 5.60 Å². The van der Waals surface area contributed by atoms with E-state index in [1.807, 2.05) is 6.07 Å². The number of ether oxygens (including phenoxy) is 1. The van der Waals surface area contributed by atoms with Crippen molar-refractivity contribution in [1.82, 2.24) is 4.90 Å². The summed E-state index contributed by atoms with van der Waals surface area (Å²) in [4.78, 5) is 13.6. The van der Waals surface area contributed by atoms with Gasteiger partial charge in [0.2, 0.25) is 0 Å². The number of hydrogen-bond acceptors (Lipinski definition) is 4. The van der Waals surface area contributed by atoms with Crippen LogP contribution in [0.1, 0.15) is 36.8 Å². The number of carbonyl (C=O) groups excluding carboxylic acids is 1. The van der Waals surface area contributed by atoms with Gasteiger partial charge in [-0.2, -0.15) is 5.26 Å². The third kappa shape index (κ3) is 3.02. The van der Waals surface area contributed by atoms with Gasteiger partial charge in [0.15, 0.2) is 0 Å². The number of benzene rings is 1. The van der Waals surface area contributed by atoms with E-state index in [1.54, 1.807) is 23.1 Å². The van der Waals surface area contributed by atoms with E-state index in [0.717, 1.165) is 12.8 Å². The molecule has 3 rings (SSSR count). The molecule has 5 nitrogen and oxygen atoms in total. The third-order valence-electron chi connectivity index (χ3n) is 4.58. The maximum Gasteiger partial charge on any atom is 0.409 e. The topological polar surface area (TPSA) is 73.6 Å². The summed E-state index contributed by atoms with van der Waals surface area (Å²) >= 11 is 0. The lowest BCUT2D eigenvalue weighted by atomic mass is 9.86. The zero-order valence-corrected chi connectivity index (χ0v) is 13.0. The fourth-order valence-corrected chi connectivity index (χ4v) is 3.59. The Bertz CT molecular complexity index is 712. The number of aliphatic hydroxyl groups is 1. The number of nitriles is 1. The lowest BCUT2D eigenvalue weighted by Gasteiger charge is -2.40. The SMILES string of the molecule is COC(=O)N1[C@@H]2CC[C@@H]1CC(O)(C#Cc1cccc(C#N)c1)C2. The minimum atomic E-state index is -1.10. The smallest absolute Gasteiger partial charge is 0.409 e. The molecule has 118 valence electrons. The van der Waals surface area contributed by atoms with Crippen molar-refractivity contribution in [3.8, 4) is 17.9 Å². The van der Waals surface area contributed by atoms with Crippen LogP contribution in [0.2, 0.25) is 0 Å². The Labute approximate surface area is 135 Å². The Morgan fingerprint density at radius 2 is 2.00 bits per heavy atom. The van der Waals surface area contributed by atoms with Gasteiger partial charge in [-0.05, 0) is 31.0 Å². The second-order valence-corrected chi connectivity index (χ2v) is 6.14. The first-order valence-electron chi connectivity index (χ1n) is 7.67. The monoisotopic (exact) mass is 310 g/mol. The maximum absolute atomic E-state index is 11.8. The van der Waals surface area contributed by atoms with E-state index in [1.165, 1.54) is 7.11 Å². The molecule has 23 heavy (non-hydrogen) atoms. The summed E-state index contributed by atoms with van der Waals surface area (Å²) in [6.45, 7) is 0.